The average Bonchev–Trinajstić information content (AvgIpc) is 2.37. The molecule has 0 heterocycles. The largest absolute Gasteiger partial charge is 0.397 e. The van der Waals surface area contributed by atoms with Crippen LogP contribution in [-0.2, 0) is 9.47 Å². The number of benzene rings is 1. The van der Waals surface area contributed by atoms with E-state index in [1.54, 1.807) is 7.11 Å². The molecule has 0 saturated carbocycles. The summed E-state index contributed by atoms with van der Waals surface area (Å²) in [4.78, 5) is 0. The quantitative estimate of drug-likeness (QED) is 0.461. The van der Waals surface area contributed by atoms with Crippen molar-refractivity contribution in [2.45, 2.75) is 12.8 Å². The predicted octanol–water partition coefficient (Wildman–Crippen LogP) is 1.71. The molecule has 18 heavy (non-hydrogen) atoms. The van der Waals surface area contributed by atoms with E-state index in [9.17, 15) is 0 Å². The van der Waals surface area contributed by atoms with Crippen molar-refractivity contribution in [3.05, 3.63) is 18.2 Å². The third-order valence-corrected chi connectivity index (χ3v) is 2.56. The summed E-state index contributed by atoms with van der Waals surface area (Å²) in [7, 11) is 1.67. The van der Waals surface area contributed by atoms with Crippen molar-refractivity contribution in [3.8, 4) is 0 Å². The Morgan fingerprint density at radius 2 is 1.89 bits per heavy atom. The topological polar surface area (TPSA) is 82.5 Å². The highest BCUT2D eigenvalue weighted by Gasteiger charge is 1.96. The van der Waals surface area contributed by atoms with Crippen molar-refractivity contribution in [1.82, 2.24) is 0 Å². The van der Waals surface area contributed by atoms with Gasteiger partial charge in [-0.25, -0.2) is 0 Å². The number of hydrogen-bond acceptors (Lipinski definition) is 5. The molecule has 0 bridgehead atoms. The Morgan fingerprint density at radius 1 is 1.06 bits per heavy atom. The van der Waals surface area contributed by atoms with Crippen LogP contribution >= 0.6 is 0 Å². The molecule has 0 aromatic heterocycles. The molecule has 1 rings (SSSR count). The number of nitrogens with two attached hydrogens (primary N) is 2. The number of ether oxygens (including phenoxy) is 2. The van der Waals surface area contributed by atoms with E-state index in [0.717, 1.165) is 31.7 Å². The van der Waals surface area contributed by atoms with Gasteiger partial charge in [-0.2, -0.15) is 0 Å². The van der Waals surface area contributed by atoms with Crippen LogP contribution in [0.3, 0.4) is 0 Å². The summed E-state index contributed by atoms with van der Waals surface area (Å²) in [6, 6.07) is 5.59. The van der Waals surface area contributed by atoms with Gasteiger partial charge in [-0.05, 0) is 31.0 Å². The molecule has 0 aliphatic carbocycles. The zero-order valence-corrected chi connectivity index (χ0v) is 10.9. The van der Waals surface area contributed by atoms with Crippen molar-refractivity contribution < 1.29 is 9.47 Å². The van der Waals surface area contributed by atoms with Crippen LogP contribution in [0.1, 0.15) is 12.8 Å². The summed E-state index contributed by atoms with van der Waals surface area (Å²) < 4.78 is 10.3. The first-order chi connectivity index (χ1) is 8.74. The lowest BCUT2D eigenvalue weighted by molar-refractivity contribution is 0.0691. The minimum absolute atomic E-state index is 0.614. The molecule has 0 aliphatic heterocycles. The molecular weight excluding hydrogens is 230 g/mol. The van der Waals surface area contributed by atoms with Gasteiger partial charge < -0.3 is 26.3 Å². The van der Waals surface area contributed by atoms with E-state index in [-0.39, 0.29) is 0 Å². The summed E-state index contributed by atoms with van der Waals surface area (Å²) in [5.74, 6) is 0. The van der Waals surface area contributed by atoms with Gasteiger partial charge in [-0.1, -0.05) is 0 Å². The van der Waals surface area contributed by atoms with Gasteiger partial charge in [-0.3, -0.25) is 0 Å². The molecule has 0 unspecified atom stereocenters. The van der Waals surface area contributed by atoms with Crippen LogP contribution in [-0.4, -0.2) is 33.5 Å². The van der Waals surface area contributed by atoms with E-state index in [0.29, 0.717) is 24.6 Å². The molecule has 1 aromatic rings. The van der Waals surface area contributed by atoms with Gasteiger partial charge in [0.1, 0.15) is 0 Å². The van der Waals surface area contributed by atoms with E-state index in [2.05, 4.69) is 5.32 Å². The molecule has 5 nitrogen and oxygen atoms in total. The standard InChI is InChI=1S/C13H23N3O2/c1-17-8-9-18-7-3-2-6-16-11-4-5-12(14)13(15)10-11/h4-5,10,16H,2-3,6-9,14-15H2,1H3. The summed E-state index contributed by atoms with van der Waals surface area (Å²) in [5, 5.41) is 3.30. The second-order valence-electron chi connectivity index (χ2n) is 4.08. The van der Waals surface area contributed by atoms with E-state index in [4.69, 9.17) is 20.9 Å². The van der Waals surface area contributed by atoms with Crippen LogP contribution in [0.2, 0.25) is 0 Å². The molecule has 0 fully saturated rings. The fourth-order valence-electron chi connectivity index (χ4n) is 1.49. The molecule has 5 N–H and O–H groups in total. The Labute approximate surface area is 108 Å². The van der Waals surface area contributed by atoms with Gasteiger partial charge in [0.05, 0.1) is 24.6 Å². The van der Waals surface area contributed by atoms with Crippen LogP contribution in [0.5, 0.6) is 0 Å². The van der Waals surface area contributed by atoms with Crippen LogP contribution in [0.4, 0.5) is 17.1 Å². The van der Waals surface area contributed by atoms with E-state index < -0.39 is 0 Å². The van der Waals surface area contributed by atoms with Crippen LogP contribution in [0, 0.1) is 0 Å². The zero-order chi connectivity index (χ0) is 13.2. The smallest absolute Gasteiger partial charge is 0.0700 e. The van der Waals surface area contributed by atoms with Gasteiger partial charge in [0, 0.05) is 25.9 Å². The highest BCUT2D eigenvalue weighted by molar-refractivity contribution is 5.69. The minimum atomic E-state index is 0.614. The molecule has 102 valence electrons. The summed E-state index contributed by atoms with van der Waals surface area (Å²) in [6.45, 7) is 2.99. The van der Waals surface area contributed by atoms with Gasteiger partial charge >= 0.3 is 0 Å². The molecule has 0 aliphatic rings. The number of hydrogen-bond donors (Lipinski definition) is 3. The third kappa shape index (κ3) is 5.75. The maximum Gasteiger partial charge on any atom is 0.0700 e. The Balaban J connectivity index is 2.05. The highest BCUT2D eigenvalue weighted by atomic mass is 16.5. The molecular formula is C13H23N3O2. The van der Waals surface area contributed by atoms with Crippen molar-refractivity contribution >= 4 is 17.1 Å². The Kier molecular flexibility index (Phi) is 6.98. The molecule has 0 radical (unpaired) electrons. The molecule has 0 amide bonds. The first-order valence-electron chi connectivity index (χ1n) is 6.19. The molecule has 0 spiro atoms. The normalized spacial score (nSPS) is 10.5. The summed E-state index contributed by atoms with van der Waals surface area (Å²) in [5.41, 5.74) is 13.6. The Hall–Kier alpha value is -1.46. The highest BCUT2D eigenvalue weighted by Crippen LogP contribution is 2.19. The number of nitrogens with one attached hydrogen (secondary N) is 1. The van der Waals surface area contributed by atoms with Crippen molar-refractivity contribution in [3.63, 3.8) is 0 Å². The number of methoxy groups -OCH3 is 1. The predicted molar refractivity (Wildman–Crippen MR) is 75.7 cm³/mol. The van der Waals surface area contributed by atoms with Crippen molar-refractivity contribution in [1.29, 1.82) is 0 Å². The zero-order valence-electron chi connectivity index (χ0n) is 10.9. The van der Waals surface area contributed by atoms with Gasteiger partial charge in [0.15, 0.2) is 0 Å². The first kappa shape index (κ1) is 14.6. The van der Waals surface area contributed by atoms with Crippen molar-refractivity contribution in [2.75, 3.05) is 50.3 Å². The molecule has 0 atom stereocenters. The van der Waals surface area contributed by atoms with E-state index in [1.165, 1.54) is 0 Å². The maximum absolute atomic E-state index is 5.72. The fourth-order valence-corrected chi connectivity index (χ4v) is 1.49. The number of unbranched alkanes of at least 4 members (excludes halogenated alkanes) is 1. The summed E-state index contributed by atoms with van der Waals surface area (Å²) in [6.07, 6.45) is 2.08. The lowest BCUT2D eigenvalue weighted by Crippen LogP contribution is -2.06. The van der Waals surface area contributed by atoms with Crippen LogP contribution in [0.25, 0.3) is 0 Å². The first-order valence-corrected chi connectivity index (χ1v) is 6.19. The number of rotatable bonds is 9. The summed E-state index contributed by atoms with van der Waals surface area (Å²) >= 11 is 0. The van der Waals surface area contributed by atoms with E-state index in [1.807, 2.05) is 18.2 Å². The molecule has 1 aromatic carbocycles. The Bertz CT molecular complexity index is 345. The average molecular weight is 253 g/mol. The lowest BCUT2D eigenvalue weighted by Gasteiger charge is -2.08. The third-order valence-electron chi connectivity index (χ3n) is 2.56. The Morgan fingerprint density at radius 3 is 2.61 bits per heavy atom. The second kappa shape index (κ2) is 8.60. The maximum atomic E-state index is 5.72. The van der Waals surface area contributed by atoms with Crippen molar-refractivity contribution in [2.24, 2.45) is 0 Å². The van der Waals surface area contributed by atoms with Gasteiger partial charge in [0.25, 0.3) is 0 Å². The monoisotopic (exact) mass is 253 g/mol. The number of anilines is 3. The van der Waals surface area contributed by atoms with Gasteiger partial charge in [-0.15, -0.1) is 0 Å². The lowest BCUT2D eigenvalue weighted by atomic mass is 10.2. The fraction of sp³-hybridized carbons (Fsp3) is 0.538. The molecule has 0 saturated heterocycles. The second-order valence-corrected chi connectivity index (χ2v) is 4.08. The van der Waals surface area contributed by atoms with E-state index >= 15 is 0 Å². The SMILES string of the molecule is COCCOCCCCNc1ccc(N)c(N)c1. The molecule has 5 heteroatoms. The van der Waals surface area contributed by atoms with Gasteiger partial charge in [0.2, 0.25) is 0 Å². The number of nitrogen functional groups attached to an aromatic ring is 2. The van der Waals surface area contributed by atoms with Crippen LogP contribution in [0.15, 0.2) is 18.2 Å². The minimum Gasteiger partial charge on any atom is -0.397 e. The van der Waals surface area contributed by atoms with Crippen LogP contribution < -0.4 is 16.8 Å².